The van der Waals surface area contributed by atoms with E-state index in [4.69, 9.17) is 0 Å². The molecule has 0 unspecified atom stereocenters. The number of rotatable bonds is 0. The molecule has 3 nitrogen and oxygen atoms in total. The first-order valence-electron chi connectivity index (χ1n) is 11.6. The van der Waals surface area contributed by atoms with Crippen LogP contribution in [0.25, 0.3) is 43.6 Å². The van der Waals surface area contributed by atoms with Crippen LogP contribution in [0, 0.1) is 0 Å². The standard InChI is InChI=1S/C29H25N3/c1-3-8-26-22(6-1)24-16-20-10-12-28(24)31(26)14-5-15-32-27-9-4-2-7-23(27)25-17-21(19-30-18-20)11-13-29(25)32/h1-4,6-13,16-17,30H,5,14-15,18-19H2. The van der Waals surface area contributed by atoms with Crippen LogP contribution in [0.1, 0.15) is 17.5 Å². The molecular formula is C29H25N3. The number of aryl methyl sites for hydroxylation is 2. The third kappa shape index (κ3) is 2.64. The van der Waals surface area contributed by atoms with Crippen molar-refractivity contribution < 1.29 is 0 Å². The van der Waals surface area contributed by atoms with Crippen molar-refractivity contribution >= 4 is 43.6 Å². The van der Waals surface area contributed by atoms with Crippen molar-refractivity contribution in [1.29, 1.82) is 0 Å². The second-order valence-corrected chi connectivity index (χ2v) is 9.00. The number of nitrogens with one attached hydrogen (secondary N) is 1. The molecule has 4 aliphatic heterocycles. The molecule has 0 amide bonds. The molecule has 4 aliphatic rings. The number of hydrogen-bond donors (Lipinski definition) is 1. The van der Waals surface area contributed by atoms with Gasteiger partial charge in [0.15, 0.2) is 0 Å². The molecule has 0 saturated heterocycles. The normalized spacial score (nSPS) is 14.8. The van der Waals surface area contributed by atoms with E-state index >= 15 is 0 Å². The Morgan fingerprint density at radius 1 is 0.500 bits per heavy atom. The highest BCUT2D eigenvalue weighted by atomic mass is 15.0. The van der Waals surface area contributed by atoms with Crippen LogP contribution in [0.4, 0.5) is 0 Å². The van der Waals surface area contributed by atoms with Crippen molar-refractivity contribution in [1.82, 2.24) is 14.5 Å². The zero-order valence-corrected chi connectivity index (χ0v) is 18.0. The predicted octanol–water partition coefficient (Wildman–Crippen LogP) is 6.60. The summed E-state index contributed by atoms with van der Waals surface area (Å²) < 4.78 is 5.03. The average molecular weight is 416 g/mol. The fraction of sp³-hybridized carbons (Fsp3) is 0.172. The molecule has 10 rings (SSSR count). The van der Waals surface area contributed by atoms with Gasteiger partial charge in [0.25, 0.3) is 0 Å². The summed E-state index contributed by atoms with van der Waals surface area (Å²) in [5.41, 5.74) is 8.03. The molecule has 2 aromatic heterocycles. The second kappa shape index (κ2) is 6.98. The molecule has 0 fully saturated rings. The van der Waals surface area contributed by atoms with Crippen molar-refractivity contribution in [3.8, 4) is 0 Å². The van der Waals surface area contributed by atoms with Crippen LogP contribution in [-0.2, 0) is 26.2 Å². The van der Waals surface area contributed by atoms with E-state index < -0.39 is 0 Å². The Kier molecular flexibility index (Phi) is 3.94. The van der Waals surface area contributed by atoms with Crippen molar-refractivity contribution in [3.63, 3.8) is 0 Å². The van der Waals surface area contributed by atoms with Gasteiger partial charge in [-0.15, -0.1) is 0 Å². The molecule has 8 bridgehead atoms. The van der Waals surface area contributed by atoms with Crippen LogP contribution in [0.3, 0.4) is 0 Å². The summed E-state index contributed by atoms with van der Waals surface area (Å²) in [6.07, 6.45) is 1.09. The lowest BCUT2D eigenvalue weighted by molar-refractivity contribution is 0.602. The number of hydrogen-bond acceptors (Lipinski definition) is 1. The second-order valence-electron chi connectivity index (χ2n) is 9.00. The maximum absolute atomic E-state index is 3.67. The van der Waals surface area contributed by atoms with E-state index in [9.17, 15) is 0 Å². The topological polar surface area (TPSA) is 21.9 Å². The maximum Gasteiger partial charge on any atom is 0.0491 e. The summed E-state index contributed by atoms with van der Waals surface area (Å²) in [4.78, 5) is 0. The summed E-state index contributed by atoms with van der Waals surface area (Å²) in [5.74, 6) is 0. The van der Waals surface area contributed by atoms with Gasteiger partial charge < -0.3 is 14.5 Å². The van der Waals surface area contributed by atoms with Gasteiger partial charge in [-0.3, -0.25) is 0 Å². The number of benzene rings is 4. The molecule has 0 radical (unpaired) electrons. The van der Waals surface area contributed by atoms with Gasteiger partial charge >= 0.3 is 0 Å². The maximum atomic E-state index is 3.67. The smallest absolute Gasteiger partial charge is 0.0491 e. The minimum absolute atomic E-state index is 0.870. The molecule has 3 heteroatoms. The molecule has 156 valence electrons. The third-order valence-electron chi connectivity index (χ3n) is 7.10. The van der Waals surface area contributed by atoms with E-state index in [0.29, 0.717) is 0 Å². The summed E-state index contributed by atoms with van der Waals surface area (Å²) in [5, 5.41) is 9.11. The fourth-order valence-electron chi connectivity index (χ4n) is 5.64. The Morgan fingerprint density at radius 3 is 1.50 bits per heavy atom. The predicted molar refractivity (Wildman–Crippen MR) is 134 cm³/mol. The van der Waals surface area contributed by atoms with Crippen LogP contribution < -0.4 is 5.32 Å². The van der Waals surface area contributed by atoms with Crippen molar-refractivity contribution in [2.75, 3.05) is 0 Å². The first kappa shape index (κ1) is 18.1. The van der Waals surface area contributed by atoms with Crippen LogP contribution in [0.15, 0.2) is 84.9 Å². The molecule has 0 atom stereocenters. The number of nitrogens with zero attached hydrogens (tertiary/aromatic N) is 2. The minimum atomic E-state index is 0.870. The van der Waals surface area contributed by atoms with Gasteiger partial charge in [0.2, 0.25) is 0 Å². The SMILES string of the molecule is c1ccc2c(c1)c1cc3ccc1n2CCCn1c2ccccc2c2cc(ccc21)CNC3. The molecule has 0 aliphatic carbocycles. The highest BCUT2D eigenvalue weighted by Crippen LogP contribution is 2.32. The summed E-state index contributed by atoms with van der Waals surface area (Å²) >= 11 is 0. The molecule has 0 spiro atoms. The number of aromatic nitrogens is 2. The van der Waals surface area contributed by atoms with Gasteiger partial charge in [0.05, 0.1) is 0 Å². The van der Waals surface area contributed by atoms with E-state index in [2.05, 4.69) is 99.4 Å². The van der Waals surface area contributed by atoms with Gasteiger partial charge in [-0.05, 0) is 53.9 Å². The highest BCUT2D eigenvalue weighted by molar-refractivity contribution is 6.09. The van der Waals surface area contributed by atoms with E-state index in [0.717, 1.165) is 32.6 Å². The Labute approximate surface area is 186 Å². The summed E-state index contributed by atoms with van der Waals surface area (Å²) in [6.45, 7) is 3.76. The largest absolute Gasteiger partial charge is 0.340 e. The molecule has 1 N–H and O–H groups in total. The van der Waals surface area contributed by atoms with Crippen molar-refractivity contribution in [2.45, 2.75) is 32.6 Å². The Morgan fingerprint density at radius 2 is 0.969 bits per heavy atom. The van der Waals surface area contributed by atoms with Crippen LogP contribution in [0.2, 0.25) is 0 Å². The van der Waals surface area contributed by atoms with E-state index in [1.165, 1.54) is 54.7 Å². The summed E-state index contributed by atoms with van der Waals surface area (Å²) in [7, 11) is 0. The first-order chi connectivity index (χ1) is 15.9. The van der Waals surface area contributed by atoms with E-state index in [1.54, 1.807) is 0 Å². The average Bonchev–Trinajstić information content (AvgIpc) is 3.31. The molecule has 6 heterocycles. The van der Waals surface area contributed by atoms with Crippen molar-refractivity contribution in [3.05, 3.63) is 96.1 Å². The molecule has 6 aromatic rings. The van der Waals surface area contributed by atoms with Crippen molar-refractivity contribution in [2.24, 2.45) is 0 Å². The molecule has 4 aromatic carbocycles. The molecule has 32 heavy (non-hydrogen) atoms. The van der Waals surface area contributed by atoms with Gasteiger partial charge in [-0.2, -0.15) is 0 Å². The van der Waals surface area contributed by atoms with Crippen LogP contribution in [-0.4, -0.2) is 9.13 Å². The lowest BCUT2D eigenvalue weighted by Crippen LogP contribution is -2.12. The lowest BCUT2D eigenvalue weighted by Gasteiger charge is -2.12. The zero-order chi connectivity index (χ0) is 21.1. The Balaban J connectivity index is 1.43. The van der Waals surface area contributed by atoms with Crippen LogP contribution in [0.5, 0.6) is 0 Å². The quantitative estimate of drug-likeness (QED) is 0.297. The van der Waals surface area contributed by atoms with Gasteiger partial charge in [0.1, 0.15) is 0 Å². The van der Waals surface area contributed by atoms with Gasteiger partial charge in [0, 0.05) is 69.8 Å². The monoisotopic (exact) mass is 415 g/mol. The van der Waals surface area contributed by atoms with E-state index in [-0.39, 0.29) is 0 Å². The number of para-hydroxylation sites is 2. The van der Waals surface area contributed by atoms with Gasteiger partial charge in [-0.1, -0.05) is 48.5 Å². The number of fused-ring (bicyclic) bond motifs is 2. The zero-order valence-electron chi connectivity index (χ0n) is 18.0. The minimum Gasteiger partial charge on any atom is -0.340 e. The first-order valence-corrected chi connectivity index (χ1v) is 11.6. The lowest BCUT2D eigenvalue weighted by atomic mass is 10.1. The highest BCUT2D eigenvalue weighted by Gasteiger charge is 2.14. The Hall–Kier alpha value is -3.56. The van der Waals surface area contributed by atoms with Crippen LogP contribution >= 0.6 is 0 Å². The fourth-order valence-corrected chi connectivity index (χ4v) is 5.64. The summed E-state index contributed by atoms with van der Waals surface area (Å²) in [6, 6.07) is 31.6. The molecular weight excluding hydrogens is 390 g/mol. The third-order valence-corrected chi connectivity index (χ3v) is 7.10. The van der Waals surface area contributed by atoms with Gasteiger partial charge in [-0.25, -0.2) is 0 Å². The Bertz CT molecular complexity index is 1510. The molecule has 0 saturated carbocycles. The van der Waals surface area contributed by atoms with E-state index in [1.807, 2.05) is 0 Å².